The van der Waals surface area contributed by atoms with Crippen LogP contribution in [0.2, 0.25) is 0 Å². The van der Waals surface area contributed by atoms with E-state index in [-0.39, 0.29) is 29.8 Å². The van der Waals surface area contributed by atoms with Gasteiger partial charge in [0.1, 0.15) is 5.76 Å². The molecule has 4 rings (SSSR count). The summed E-state index contributed by atoms with van der Waals surface area (Å²) in [4.78, 5) is 23.9. The topological polar surface area (TPSA) is 109 Å². The number of hydrogen-bond donors (Lipinski definition) is 2. The number of hydrogen-bond acceptors (Lipinski definition) is 5. The fourth-order valence-electron chi connectivity index (χ4n) is 3.76. The van der Waals surface area contributed by atoms with Gasteiger partial charge in [-0.05, 0) is 49.2 Å². The molecule has 176 valence electrons. The Labute approximate surface area is 198 Å². The van der Waals surface area contributed by atoms with Crippen molar-refractivity contribution in [3.8, 4) is 0 Å². The average molecular weight is 480 g/mol. The SMILES string of the molecule is C=CC(=O)Nc1cc2c(o1)CN(S(=O)(=O)c1ccc(C(=O)NCCc3cccc(C)c3)cc1)C2. The van der Waals surface area contributed by atoms with E-state index in [0.29, 0.717) is 29.9 Å². The quantitative estimate of drug-likeness (QED) is 0.482. The first-order chi connectivity index (χ1) is 16.3. The van der Waals surface area contributed by atoms with Crippen LogP contribution in [-0.2, 0) is 34.3 Å². The van der Waals surface area contributed by atoms with Crippen LogP contribution in [0.4, 0.5) is 5.88 Å². The zero-order valence-electron chi connectivity index (χ0n) is 18.7. The largest absolute Gasteiger partial charge is 0.444 e. The Kier molecular flexibility index (Phi) is 6.67. The first-order valence-corrected chi connectivity index (χ1v) is 12.2. The van der Waals surface area contributed by atoms with Crippen molar-refractivity contribution in [2.24, 2.45) is 0 Å². The fourth-order valence-corrected chi connectivity index (χ4v) is 5.14. The minimum atomic E-state index is -3.78. The second-order valence-corrected chi connectivity index (χ2v) is 9.98. The van der Waals surface area contributed by atoms with E-state index in [1.165, 1.54) is 34.1 Å². The fraction of sp³-hybridized carbons (Fsp3) is 0.200. The molecule has 1 aliphatic heterocycles. The van der Waals surface area contributed by atoms with Gasteiger partial charge in [-0.15, -0.1) is 0 Å². The number of furan rings is 1. The van der Waals surface area contributed by atoms with E-state index in [1.807, 2.05) is 25.1 Å². The molecule has 2 amide bonds. The van der Waals surface area contributed by atoms with Crippen LogP contribution in [0.3, 0.4) is 0 Å². The first-order valence-electron chi connectivity index (χ1n) is 10.8. The predicted octanol–water partition coefficient (Wildman–Crippen LogP) is 3.39. The van der Waals surface area contributed by atoms with Gasteiger partial charge >= 0.3 is 0 Å². The number of sulfonamides is 1. The Bertz CT molecular complexity index is 1320. The molecular formula is C25H25N3O5S. The van der Waals surface area contributed by atoms with Gasteiger partial charge in [-0.1, -0.05) is 36.4 Å². The van der Waals surface area contributed by atoms with Crippen LogP contribution in [0, 0.1) is 6.92 Å². The monoisotopic (exact) mass is 479 g/mol. The molecule has 2 heterocycles. The summed E-state index contributed by atoms with van der Waals surface area (Å²) in [6.07, 6.45) is 1.83. The van der Waals surface area contributed by atoms with E-state index in [9.17, 15) is 18.0 Å². The predicted molar refractivity (Wildman–Crippen MR) is 128 cm³/mol. The van der Waals surface area contributed by atoms with Gasteiger partial charge in [-0.3, -0.25) is 14.9 Å². The number of nitrogens with one attached hydrogen (secondary N) is 2. The van der Waals surface area contributed by atoms with Crippen LogP contribution in [-0.4, -0.2) is 31.1 Å². The van der Waals surface area contributed by atoms with E-state index in [0.717, 1.165) is 11.6 Å². The molecule has 0 bridgehead atoms. The third kappa shape index (κ3) is 5.11. The molecular weight excluding hydrogens is 454 g/mol. The van der Waals surface area contributed by atoms with Crippen molar-refractivity contribution in [1.82, 2.24) is 9.62 Å². The minimum absolute atomic E-state index is 0.0584. The van der Waals surface area contributed by atoms with Crippen molar-refractivity contribution in [2.45, 2.75) is 31.3 Å². The number of aryl methyl sites for hydroxylation is 1. The van der Waals surface area contributed by atoms with Gasteiger partial charge in [0.05, 0.1) is 11.4 Å². The Morgan fingerprint density at radius 3 is 2.56 bits per heavy atom. The van der Waals surface area contributed by atoms with Crippen molar-refractivity contribution < 1.29 is 22.4 Å². The molecule has 0 radical (unpaired) electrons. The smallest absolute Gasteiger partial charge is 0.251 e. The molecule has 1 aliphatic rings. The third-order valence-electron chi connectivity index (χ3n) is 5.53. The van der Waals surface area contributed by atoms with Gasteiger partial charge < -0.3 is 9.73 Å². The summed E-state index contributed by atoms with van der Waals surface area (Å²) < 4.78 is 32.9. The maximum Gasteiger partial charge on any atom is 0.251 e. The number of nitrogens with zero attached hydrogens (tertiary/aromatic N) is 1. The van der Waals surface area contributed by atoms with Crippen LogP contribution in [0.15, 0.2) is 76.6 Å². The lowest BCUT2D eigenvalue weighted by molar-refractivity contribution is -0.112. The molecule has 8 nitrogen and oxygen atoms in total. The number of fused-ring (bicyclic) bond motifs is 1. The molecule has 2 aromatic carbocycles. The molecule has 0 saturated heterocycles. The highest BCUT2D eigenvalue weighted by molar-refractivity contribution is 7.89. The van der Waals surface area contributed by atoms with E-state index in [2.05, 4.69) is 23.3 Å². The number of carbonyl (C=O) groups excluding carboxylic acids is 2. The lowest BCUT2D eigenvalue weighted by atomic mass is 10.1. The molecule has 0 atom stereocenters. The van der Waals surface area contributed by atoms with Crippen molar-refractivity contribution in [3.63, 3.8) is 0 Å². The molecule has 2 N–H and O–H groups in total. The number of anilines is 1. The van der Waals surface area contributed by atoms with Gasteiger partial charge in [0, 0.05) is 30.3 Å². The Morgan fingerprint density at radius 2 is 1.88 bits per heavy atom. The average Bonchev–Trinajstić information content (AvgIpc) is 3.38. The summed E-state index contributed by atoms with van der Waals surface area (Å²) in [7, 11) is -3.78. The summed E-state index contributed by atoms with van der Waals surface area (Å²) in [6, 6.07) is 15.6. The molecule has 0 aliphatic carbocycles. The van der Waals surface area contributed by atoms with Crippen LogP contribution in [0.1, 0.15) is 32.8 Å². The van der Waals surface area contributed by atoms with Crippen molar-refractivity contribution in [2.75, 3.05) is 11.9 Å². The molecule has 9 heteroatoms. The Balaban J connectivity index is 1.35. The van der Waals surface area contributed by atoms with Gasteiger partial charge in [0.15, 0.2) is 5.88 Å². The zero-order chi connectivity index (χ0) is 24.3. The van der Waals surface area contributed by atoms with E-state index >= 15 is 0 Å². The summed E-state index contributed by atoms with van der Waals surface area (Å²) in [6.45, 7) is 6.07. The second-order valence-electron chi connectivity index (χ2n) is 8.04. The van der Waals surface area contributed by atoms with Crippen molar-refractivity contribution >= 4 is 27.7 Å². The minimum Gasteiger partial charge on any atom is -0.444 e. The highest BCUT2D eigenvalue weighted by atomic mass is 32.2. The highest BCUT2D eigenvalue weighted by Gasteiger charge is 2.33. The first kappa shape index (κ1) is 23.5. The van der Waals surface area contributed by atoms with Crippen molar-refractivity contribution in [1.29, 1.82) is 0 Å². The van der Waals surface area contributed by atoms with E-state index in [4.69, 9.17) is 4.42 Å². The van der Waals surface area contributed by atoms with Crippen LogP contribution in [0.25, 0.3) is 0 Å². The zero-order valence-corrected chi connectivity index (χ0v) is 19.5. The van der Waals surface area contributed by atoms with Gasteiger partial charge in [-0.25, -0.2) is 8.42 Å². The van der Waals surface area contributed by atoms with Crippen LogP contribution >= 0.6 is 0 Å². The summed E-state index contributed by atoms with van der Waals surface area (Å²) in [5, 5.41) is 5.38. The lowest BCUT2D eigenvalue weighted by Gasteiger charge is -2.16. The standard InChI is InChI=1S/C25H25N3O5S/c1-3-23(29)27-24-14-20-15-28(16-22(20)33-24)34(31,32)21-9-7-19(8-10-21)25(30)26-12-11-18-6-4-5-17(2)13-18/h3-10,13-14H,1,11-12,15-16H2,2H3,(H,26,30)(H,27,29). The number of amides is 2. The van der Waals surface area contributed by atoms with E-state index < -0.39 is 15.9 Å². The van der Waals surface area contributed by atoms with Crippen LogP contribution in [0.5, 0.6) is 0 Å². The summed E-state index contributed by atoms with van der Waals surface area (Å²) >= 11 is 0. The number of benzene rings is 2. The molecule has 3 aromatic rings. The highest BCUT2D eigenvalue weighted by Crippen LogP contribution is 2.32. The van der Waals surface area contributed by atoms with Gasteiger partial charge in [-0.2, -0.15) is 4.31 Å². The Hall–Kier alpha value is -3.69. The maximum absolute atomic E-state index is 13.0. The molecule has 0 unspecified atom stereocenters. The molecule has 1 aromatic heterocycles. The molecule has 0 fully saturated rings. The van der Waals surface area contributed by atoms with Crippen LogP contribution < -0.4 is 10.6 Å². The molecule has 34 heavy (non-hydrogen) atoms. The van der Waals surface area contributed by atoms with E-state index in [1.54, 1.807) is 6.07 Å². The second kappa shape index (κ2) is 9.66. The maximum atomic E-state index is 13.0. The van der Waals surface area contributed by atoms with Gasteiger partial charge in [0.25, 0.3) is 5.91 Å². The van der Waals surface area contributed by atoms with Crippen molar-refractivity contribution in [3.05, 3.63) is 95.3 Å². The van der Waals surface area contributed by atoms with Gasteiger partial charge in [0.2, 0.25) is 15.9 Å². The lowest BCUT2D eigenvalue weighted by Crippen LogP contribution is -2.27. The summed E-state index contributed by atoms with van der Waals surface area (Å²) in [5.41, 5.74) is 3.38. The molecule has 0 spiro atoms. The molecule has 0 saturated carbocycles. The summed E-state index contributed by atoms with van der Waals surface area (Å²) in [5.74, 6) is 0.0690. The Morgan fingerprint density at radius 1 is 1.12 bits per heavy atom. The third-order valence-corrected chi connectivity index (χ3v) is 7.34. The normalized spacial score (nSPS) is 13.3. The number of carbonyl (C=O) groups is 2. The number of rotatable bonds is 8.